The zero-order chi connectivity index (χ0) is 16.7. The van der Waals surface area contributed by atoms with Gasteiger partial charge in [0.15, 0.2) is 0 Å². The fourth-order valence-electron chi connectivity index (χ4n) is 2.46. The maximum atomic E-state index is 12.1. The number of aryl methyl sites for hydroxylation is 1. The van der Waals surface area contributed by atoms with Crippen LogP contribution in [-0.4, -0.2) is 13.0 Å². The maximum Gasteiger partial charge on any atom is 0.224 e. The quantitative estimate of drug-likeness (QED) is 0.816. The fraction of sp³-hybridized carbons (Fsp3) is 0.350. The Hall–Kier alpha value is -2.13. The van der Waals surface area contributed by atoms with Gasteiger partial charge in [-0.2, -0.15) is 0 Å². The van der Waals surface area contributed by atoms with Crippen LogP contribution >= 0.6 is 0 Å². The minimum Gasteiger partial charge on any atom is -0.380 e. The van der Waals surface area contributed by atoms with Crippen LogP contribution in [0.25, 0.3) is 0 Å². The van der Waals surface area contributed by atoms with E-state index in [1.54, 1.807) is 7.11 Å². The number of anilines is 1. The second-order valence-electron chi connectivity index (χ2n) is 6.08. The highest BCUT2D eigenvalue weighted by Crippen LogP contribution is 2.16. The predicted octanol–water partition coefficient (Wildman–Crippen LogP) is 4.53. The molecule has 0 saturated carbocycles. The molecule has 122 valence electrons. The van der Waals surface area contributed by atoms with Gasteiger partial charge in [0, 0.05) is 19.2 Å². The predicted molar refractivity (Wildman–Crippen MR) is 94.6 cm³/mol. The number of carbonyl (C=O) groups is 1. The Morgan fingerprint density at radius 1 is 1.09 bits per heavy atom. The number of carbonyl (C=O) groups excluding carboxylic acids is 1. The third kappa shape index (κ3) is 5.53. The van der Waals surface area contributed by atoms with Crippen molar-refractivity contribution in [3.8, 4) is 0 Å². The molecule has 1 N–H and O–H groups in total. The summed E-state index contributed by atoms with van der Waals surface area (Å²) in [6.45, 7) is 4.91. The minimum absolute atomic E-state index is 0.0347. The molecule has 1 amide bonds. The van der Waals surface area contributed by atoms with E-state index in [4.69, 9.17) is 4.74 Å². The molecule has 2 aromatic rings. The van der Waals surface area contributed by atoms with Gasteiger partial charge in [0.2, 0.25) is 5.91 Å². The second kappa shape index (κ2) is 8.49. The summed E-state index contributed by atoms with van der Waals surface area (Å²) in [7, 11) is 1.66. The summed E-state index contributed by atoms with van der Waals surface area (Å²) >= 11 is 0. The van der Waals surface area contributed by atoms with Gasteiger partial charge >= 0.3 is 0 Å². The van der Waals surface area contributed by atoms with E-state index in [1.807, 2.05) is 24.3 Å². The van der Waals surface area contributed by atoms with Crippen LogP contribution in [0, 0.1) is 0 Å². The summed E-state index contributed by atoms with van der Waals surface area (Å²) in [6, 6.07) is 16.3. The van der Waals surface area contributed by atoms with Crippen molar-refractivity contribution in [3.63, 3.8) is 0 Å². The van der Waals surface area contributed by atoms with Gasteiger partial charge in [-0.25, -0.2) is 0 Å². The van der Waals surface area contributed by atoms with Crippen molar-refractivity contribution >= 4 is 11.6 Å². The lowest BCUT2D eigenvalue weighted by molar-refractivity contribution is -0.116. The fourth-order valence-corrected chi connectivity index (χ4v) is 2.46. The van der Waals surface area contributed by atoms with Crippen LogP contribution in [0.1, 0.15) is 42.9 Å². The van der Waals surface area contributed by atoms with Crippen molar-refractivity contribution in [2.45, 2.75) is 39.2 Å². The van der Waals surface area contributed by atoms with Gasteiger partial charge in [-0.15, -0.1) is 0 Å². The Balaban J connectivity index is 1.86. The van der Waals surface area contributed by atoms with Crippen LogP contribution in [0.4, 0.5) is 5.69 Å². The molecule has 0 aliphatic rings. The molecule has 0 spiro atoms. The highest BCUT2D eigenvalue weighted by atomic mass is 16.5. The van der Waals surface area contributed by atoms with E-state index in [9.17, 15) is 4.79 Å². The standard InChI is InChI=1S/C20H25NO2/c1-15(2)18-10-7-16(8-11-18)9-12-20(22)21-19-6-4-5-17(13-19)14-23-3/h4-8,10-11,13,15H,9,12,14H2,1-3H3,(H,21,22). The van der Waals surface area contributed by atoms with Crippen LogP contribution in [0.2, 0.25) is 0 Å². The first kappa shape index (κ1) is 17.2. The Kier molecular flexibility index (Phi) is 6.36. The molecular formula is C20H25NO2. The molecular weight excluding hydrogens is 286 g/mol. The van der Waals surface area contributed by atoms with Gasteiger partial charge in [-0.3, -0.25) is 4.79 Å². The highest BCUT2D eigenvalue weighted by molar-refractivity contribution is 5.90. The minimum atomic E-state index is 0.0347. The van der Waals surface area contributed by atoms with Crippen molar-refractivity contribution < 1.29 is 9.53 Å². The molecule has 0 aliphatic heterocycles. The summed E-state index contributed by atoms with van der Waals surface area (Å²) in [4.78, 5) is 12.1. The number of hydrogen-bond donors (Lipinski definition) is 1. The lowest BCUT2D eigenvalue weighted by Gasteiger charge is -2.08. The lowest BCUT2D eigenvalue weighted by Crippen LogP contribution is -2.12. The number of nitrogens with one attached hydrogen (secondary N) is 1. The number of rotatable bonds is 7. The van der Waals surface area contributed by atoms with Crippen LogP contribution in [0.5, 0.6) is 0 Å². The van der Waals surface area contributed by atoms with Crippen molar-refractivity contribution in [1.82, 2.24) is 0 Å². The molecule has 3 heteroatoms. The largest absolute Gasteiger partial charge is 0.380 e. The van der Waals surface area contributed by atoms with E-state index >= 15 is 0 Å². The van der Waals surface area contributed by atoms with Crippen LogP contribution in [-0.2, 0) is 22.6 Å². The van der Waals surface area contributed by atoms with Gasteiger partial charge in [-0.05, 0) is 41.2 Å². The first-order valence-corrected chi connectivity index (χ1v) is 8.05. The van der Waals surface area contributed by atoms with Gasteiger partial charge in [-0.1, -0.05) is 50.2 Å². The van der Waals surface area contributed by atoms with E-state index < -0.39 is 0 Å². The Morgan fingerprint density at radius 2 is 1.83 bits per heavy atom. The van der Waals surface area contributed by atoms with E-state index in [0.717, 1.165) is 17.7 Å². The summed E-state index contributed by atoms with van der Waals surface area (Å²) in [6.07, 6.45) is 1.23. The van der Waals surface area contributed by atoms with Gasteiger partial charge < -0.3 is 10.1 Å². The molecule has 2 rings (SSSR count). The third-order valence-corrected chi connectivity index (χ3v) is 3.81. The number of benzene rings is 2. The van der Waals surface area contributed by atoms with Gasteiger partial charge in [0.05, 0.1) is 6.61 Å². The summed E-state index contributed by atoms with van der Waals surface area (Å²) in [5, 5.41) is 2.95. The zero-order valence-corrected chi connectivity index (χ0v) is 14.1. The molecule has 3 nitrogen and oxygen atoms in total. The van der Waals surface area contributed by atoms with Crippen LogP contribution in [0.3, 0.4) is 0 Å². The van der Waals surface area contributed by atoms with Crippen LogP contribution in [0.15, 0.2) is 48.5 Å². The molecule has 2 aromatic carbocycles. The number of hydrogen-bond acceptors (Lipinski definition) is 2. The first-order chi connectivity index (χ1) is 11.1. The van der Waals surface area contributed by atoms with Crippen molar-refractivity contribution in [2.24, 2.45) is 0 Å². The molecule has 0 fully saturated rings. The molecule has 0 aromatic heterocycles. The van der Waals surface area contributed by atoms with Crippen molar-refractivity contribution in [1.29, 1.82) is 0 Å². The van der Waals surface area contributed by atoms with Crippen molar-refractivity contribution in [3.05, 3.63) is 65.2 Å². The molecule has 23 heavy (non-hydrogen) atoms. The van der Waals surface area contributed by atoms with E-state index in [2.05, 4.69) is 43.4 Å². The third-order valence-electron chi connectivity index (χ3n) is 3.81. The molecule has 0 saturated heterocycles. The second-order valence-corrected chi connectivity index (χ2v) is 6.08. The Labute approximate surface area is 138 Å². The van der Waals surface area contributed by atoms with Crippen LogP contribution < -0.4 is 5.32 Å². The average molecular weight is 311 g/mol. The van der Waals surface area contributed by atoms with E-state index in [1.165, 1.54) is 11.1 Å². The topological polar surface area (TPSA) is 38.3 Å². The summed E-state index contributed by atoms with van der Waals surface area (Å²) in [5.41, 5.74) is 4.39. The maximum absolute atomic E-state index is 12.1. The first-order valence-electron chi connectivity index (χ1n) is 8.05. The van der Waals surface area contributed by atoms with Gasteiger partial charge in [0.1, 0.15) is 0 Å². The Bertz CT molecular complexity index is 632. The average Bonchev–Trinajstić information content (AvgIpc) is 2.54. The van der Waals surface area contributed by atoms with E-state index in [0.29, 0.717) is 18.9 Å². The zero-order valence-electron chi connectivity index (χ0n) is 14.1. The molecule has 0 bridgehead atoms. The summed E-state index contributed by atoms with van der Waals surface area (Å²) < 4.78 is 5.11. The molecule has 0 radical (unpaired) electrons. The SMILES string of the molecule is COCc1cccc(NC(=O)CCc2ccc(C(C)C)cc2)c1. The normalized spacial score (nSPS) is 10.8. The molecule has 0 unspecified atom stereocenters. The molecule has 0 aliphatic carbocycles. The molecule has 0 heterocycles. The van der Waals surface area contributed by atoms with E-state index in [-0.39, 0.29) is 5.91 Å². The monoisotopic (exact) mass is 311 g/mol. The number of ether oxygens (including phenoxy) is 1. The van der Waals surface area contributed by atoms with Gasteiger partial charge in [0.25, 0.3) is 0 Å². The molecule has 0 atom stereocenters. The highest BCUT2D eigenvalue weighted by Gasteiger charge is 2.05. The lowest BCUT2D eigenvalue weighted by atomic mass is 10.0. The smallest absolute Gasteiger partial charge is 0.224 e. The summed E-state index contributed by atoms with van der Waals surface area (Å²) in [5.74, 6) is 0.569. The number of amides is 1. The Morgan fingerprint density at radius 3 is 2.48 bits per heavy atom. The number of methoxy groups -OCH3 is 1. The van der Waals surface area contributed by atoms with Crippen molar-refractivity contribution in [2.75, 3.05) is 12.4 Å².